The second-order valence-corrected chi connectivity index (χ2v) is 5.40. The second kappa shape index (κ2) is 6.09. The first-order valence-electron chi connectivity index (χ1n) is 5.85. The summed E-state index contributed by atoms with van der Waals surface area (Å²) < 4.78 is 6.48. The maximum atomic E-state index is 5.25. The zero-order valence-corrected chi connectivity index (χ0v) is 12.6. The summed E-state index contributed by atoms with van der Waals surface area (Å²) in [6.45, 7) is 2.15. The maximum Gasteiger partial charge on any atom is 0.119 e. The lowest BCUT2D eigenvalue weighted by atomic mass is 10.1. The van der Waals surface area contributed by atoms with Gasteiger partial charge < -0.3 is 10.1 Å². The van der Waals surface area contributed by atoms with Crippen molar-refractivity contribution >= 4 is 28.3 Å². The van der Waals surface area contributed by atoms with Gasteiger partial charge in [-0.1, -0.05) is 18.2 Å². The molecule has 0 fully saturated rings. The molecular formula is C15H16INO. The second-order valence-electron chi connectivity index (χ2n) is 4.15. The van der Waals surface area contributed by atoms with Gasteiger partial charge in [-0.15, -0.1) is 0 Å². The molecule has 0 saturated heterocycles. The molecule has 0 bridgehead atoms. The normalized spacial score (nSPS) is 11.9. The summed E-state index contributed by atoms with van der Waals surface area (Å²) in [5.41, 5.74) is 2.35. The zero-order chi connectivity index (χ0) is 13.0. The van der Waals surface area contributed by atoms with E-state index in [0.717, 1.165) is 11.4 Å². The topological polar surface area (TPSA) is 21.3 Å². The average Bonchev–Trinajstić information content (AvgIpc) is 2.39. The number of ether oxygens (including phenoxy) is 1. The molecule has 2 nitrogen and oxygen atoms in total. The fourth-order valence-electron chi connectivity index (χ4n) is 1.82. The Labute approximate surface area is 122 Å². The molecule has 0 spiro atoms. The van der Waals surface area contributed by atoms with Crippen LogP contribution in [0.5, 0.6) is 5.75 Å². The van der Waals surface area contributed by atoms with Crippen molar-refractivity contribution in [2.24, 2.45) is 0 Å². The molecule has 1 unspecified atom stereocenters. The summed E-state index contributed by atoms with van der Waals surface area (Å²) in [6, 6.07) is 16.8. The largest absolute Gasteiger partial charge is 0.497 e. The molecule has 1 atom stereocenters. The smallest absolute Gasteiger partial charge is 0.119 e. The van der Waals surface area contributed by atoms with E-state index in [4.69, 9.17) is 4.74 Å². The predicted octanol–water partition coefficient (Wildman–Crippen LogP) is 4.47. The van der Waals surface area contributed by atoms with Crippen molar-refractivity contribution in [3.05, 3.63) is 57.7 Å². The van der Waals surface area contributed by atoms with Crippen LogP contribution in [0.3, 0.4) is 0 Å². The zero-order valence-electron chi connectivity index (χ0n) is 10.5. The Morgan fingerprint density at radius 2 is 1.89 bits per heavy atom. The fourth-order valence-corrected chi connectivity index (χ4v) is 2.37. The van der Waals surface area contributed by atoms with Gasteiger partial charge in [-0.05, 0) is 65.4 Å². The van der Waals surface area contributed by atoms with Crippen LogP contribution >= 0.6 is 22.6 Å². The van der Waals surface area contributed by atoms with Crippen LogP contribution in [0, 0.1) is 3.57 Å². The third kappa shape index (κ3) is 3.38. The minimum atomic E-state index is 0.248. The number of hydrogen-bond donors (Lipinski definition) is 1. The van der Waals surface area contributed by atoms with E-state index < -0.39 is 0 Å². The standard InChI is InChI=1S/C15H16INO/c1-11(12-5-3-8-15(9-12)18-2)17-14-7-4-6-13(16)10-14/h3-11,17H,1-2H3. The van der Waals surface area contributed by atoms with Crippen molar-refractivity contribution < 1.29 is 4.74 Å². The van der Waals surface area contributed by atoms with E-state index in [9.17, 15) is 0 Å². The monoisotopic (exact) mass is 353 g/mol. The van der Waals surface area contributed by atoms with E-state index in [1.807, 2.05) is 12.1 Å². The first-order valence-corrected chi connectivity index (χ1v) is 6.93. The van der Waals surface area contributed by atoms with Crippen LogP contribution < -0.4 is 10.1 Å². The number of nitrogens with one attached hydrogen (secondary N) is 1. The van der Waals surface area contributed by atoms with E-state index in [-0.39, 0.29) is 6.04 Å². The Kier molecular flexibility index (Phi) is 4.47. The first kappa shape index (κ1) is 13.2. The van der Waals surface area contributed by atoms with Crippen molar-refractivity contribution in [3.63, 3.8) is 0 Å². The lowest BCUT2D eigenvalue weighted by molar-refractivity contribution is 0.414. The third-order valence-electron chi connectivity index (χ3n) is 2.80. The quantitative estimate of drug-likeness (QED) is 0.819. The average molecular weight is 353 g/mol. The molecule has 0 aliphatic heterocycles. The molecule has 0 amide bonds. The summed E-state index contributed by atoms with van der Waals surface area (Å²) in [5, 5.41) is 3.49. The number of rotatable bonds is 4. The molecule has 1 N–H and O–H groups in total. The van der Waals surface area contributed by atoms with Gasteiger partial charge in [0.05, 0.1) is 7.11 Å². The molecule has 2 aromatic rings. The van der Waals surface area contributed by atoms with Crippen LogP contribution in [0.4, 0.5) is 5.69 Å². The molecular weight excluding hydrogens is 337 g/mol. The molecule has 0 aliphatic rings. The number of hydrogen-bond acceptors (Lipinski definition) is 2. The number of benzene rings is 2. The Bertz CT molecular complexity index is 527. The fraction of sp³-hybridized carbons (Fsp3) is 0.200. The van der Waals surface area contributed by atoms with Crippen LogP contribution in [0.15, 0.2) is 48.5 Å². The van der Waals surface area contributed by atoms with Crippen molar-refractivity contribution in [2.75, 3.05) is 12.4 Å². The van der Waals surface area contributed by atoms with E-state index in [0.29, 0.717) is 0 Å². The highest BCUT2D eigenvalue weighted by atomic mass is 127. The van der Waals surface area contributed by atoms with Gasteiger partial charge in [0.1, 0.15) is 5.75 Å². The van der Waals surface area contributed by atoms with Crippen molar-refractivity contribution in [1.29, 1.82) is 0 Å². The molecule has 2 aromatic carbocycles. The molecule has 18 heavy (non-hydrogen) atoms. The molecule has 0 saturated carbocycles. The molecule has 2 rings (SSSR count). The minimum absolute atomic E-state index is 0.248. The van der Waals surface area contributed by atoms with Gasteiger partial charge in [0.15, 0.2) is 0 Å². The summed E-state index contributed by atoms with van der Waals surface area (Å²) in [5.74, 6) is 0.892. The number of anilines is 1. The Hall–Kier alpha value is -1.23. The van der Waals surface area contributed by atoms with Crippen LogP contribution in [0.1, 0.15) is 18.5 Å². The summed E-state index contributed by atoms with van der Waals surface area (Å²) in [6.07, 6.45) is 0. The van der Waals surface area contributed by atoms with Crippen LogP contribution in [0.25, 0.3) is 0 Å². The van der Waals surface area contributed by atoms with E-state index >= 15 is 0 Å². The van der Waals surface area contributed by atoms with E-state index in [2.05, 4.69) is 71.2 Å². The van der Waals surface area contributed by atoms with Gasteiger partial charge in [-0.3, -0.25) is 0 Å². The highest BCUT2D eigenvalue weighted by Gasteiger charge is 2.06. The number of halogens is 1. The lowest BCUT2D eigenvalue weighted by Gasteiger charge is -2.16. The Morgan fingerprint density at radius 3 is 2.61 bits per heavy atom. The summed E-state index contributed by atoms with van der Waals surface area (Å²) >= 11 is 2.32. The van der Waals surface area contributed by atoms with Gasteiger partial charge in [0.25, 0.3) is 0 Å². The van der Waals surface area contributed by atoms with Crippen LogP contribution in [-0.4, -0.2) is 7.11 Å². The van der Waals surface area contributed by atoms with Crippen LogP contribution in [-0.2, 0) is 0 Å². The molecule has 0 radical (unpaired) electrons. The Balaban J connectivity index is 2.13. The lowest BCUT2D eigenvalue weighted by Crippen LogP contribution is -2.06. The van der Waals surface area contributed by atoms with Crippen molar-refractivity contribution in [3.8, 4) is 5.75 Å². The molecule has 3 heteroatoms. The summed E-state index contributed by atoms with van der Waals surface area (Å²) in [4.78, 5) is 0. The van der Waals surface area contributed by atoms with Crippen LogP contribution in [0.2, 0.25) is 0 Å². The molecule has 0 heterocycles. The maximum absolute atomic E-state index is 5.25. The van der Waals surface area contributed by atoms with E-state index in [1.165, 1.54) is 9.13 Å². The van der Waals surface area contributed by atoms with Gasteiger partial charge in [-0.2, -0.15) is 0 Å². The first-order chi connectivity index (χ1) is 8.69. The van der Waals surface area contributed by atoms with Crippen molar-refractivity contribution in [2.45, 2.75) is 13.0 Å². The molecule has 0 aliphatic carbocycles. The van der Waals surface area contributed by atoms with E-state index in [1.54, 1.807) is 7.11 Å². The highest BCUT2D eigenvalue weighted by Crippen LogP contribution is 2.23. The number of methoxy groups -OCH3 is 1. The van der Waals surface area contributed by atoms with Gasteiger partial charge in [0.2, 0.25) is 0 Å². The highest BCUT2D eigenvalue weighted by molar-refractivity contribution is 14.1. The minimum Gasteiger partial charge on any atom is -0.497 e. The van der Waals surface area contributed by atoms with Crippen molar-refractivity contribution in [1.82, 2.24) is 0 Å². The molecule has 94 valence electrons. The SMILES string of the molecule is COc1cccc(C(C)Nc2cccc(I)c2)c1. The predicted molar refractivity (Wildman–Crippen MR) is 84.2 cm³/mol. The van der Waals surface area contributed by atoms with Gasteiger partial charge in [-0.25, -0.2) is 0 Å². The summed E-state index contributed by atoms with van der Waals surface area (Å²) in [7, 11) is 1.69. The molecule has 0 aromatic heterocycles. The van der Waals surface area contributed by atoms with Gasteiger partial charge >= 0.3 is 0 Å². The third-order valence-corrected chi connectivity index (χ3v) is 3.47. The van der Waals surface area contributed by atoms with Gasteiger partial charge in [0, 0.05) is 15.3 Å². The Morgan fingerprint density at radius 1 is 1.11 bits per heavy atom.